The zero-order valence-corrected chi connectivity index (χ0v) is 27.5. The van der Waals surface area contributed by atoms with Crippen molar-refractivity contribution in [1.29, 1.82) is 0 Å². The third-order valence-electron chi connectivity index (χ3n) is 9.05. The molecule has 0 saturated carbocycles. The van der Waals surface area contributed by atoms with Crippen LogP contribution < -0.4 is 5.32 Å². The highest BCUT2D eigenvalue weighted by Crippen LogP contribution is 2.25. The molecule has 1 heterocycles. The molecule has 0 radical (unpaired) electrons. The van der Waals surface area contributed by atoms with Crippen LogP contribution in [0.1, 0.15) is 94.9 Å². The minimum Gasteiger partial charge on any atom is -0.372 e. The molecular formula is C39H55N3O. The predicted molar refractivity (Wildman–Crippen MR) is 186 cm³/mol. The summed E-state index contributed by atoms with van der Waals surface area (Å²) in [4.78, 5) is 18.9. The molecule has 232 valence electrons. The fraction of sp³-hybridized carbons (Fsp3) is 0.487. The van der Waals surface area contributed by atoms with E-state index in [-0.39, 0.29) is 17.7 Å². The van der Waals surface area contributed by atoms with E-state index in [1.165, 1.54) is 49.7 Å². The maximum atomic E-state index is 11.6. The molecule has 1 aliphatic rings. The Morgan fingerprint density at radius 2 is 1.58 bits per heavy atom. The summed E-state index contributed by atoms with van der Waals surface area (Å²) in [6.45, 7) is 18.4. The lowest BCUT2D eigenvalue weighted by Crippen LogP contribution is -2.52. The van der Waals surface area contributed by atoms with Gasteiger partial charge >= 0.3 is 0 Å². The molecule has 1 N–H and O–H groups in total. The molecule has 0 amide bonds. The Balaban J connectivity index is 1.67. The quantitative estimate of drug-likeness (QED) is 0.102. The molecule has 1 saturated heterocycles. The van der Waals surface area contributed by atoms with Crippen molar-refractivity contribution in [2.24, 2.45) is 16.8 Å². The lowest BCUT2D eigenvalue weighted by molar-refractivity contribution is -0.124. The predicted octanol–water partition coefficient (Wildman–Crippen LogP) is 8.82. The topological polar surface area (TPSA) is 44.7 Å². The van der Waals surface area contributed by atoms with Crippen LogP contribution in [0, 0.1) is 11.8 Å². The van der Waals surface area contributed by atoms with Gasteiger partial charge in [-0.05, 0) is 73.4 Å². The number of allylic oxidation sites excluding steroid dienone is 2. The number of nitrogens with one attached hydrogen (secondary N) is 1. The van der Waals surface area contributed by atoms with Gasteiger partial charge < -0.3 is 10.2 Å². The van der Waals surface area contributed by atoms with Crippen LogP contribution >= 0.6 is 0 Å². The van der Waals surface area contributed by atoms with Crippen LogP contribution in [0.4, 0.5) is 0 Å². The van der Waals surface area contributed by atoms with Gasteiger partial charge in [0, 0.05) is 25.0 Å². The zero-order chi connectivity index (χ0) is 31.2. The second kappa shape index (κ2) is 17.8. The highest BCUT2D eigenvalue weighted by molar-refractivity contribution is 6.02. The highest BCUT2D eigenvalue weighted by atomic mass is 16.1. The summed E-state index contributed by atoms with van der Waals surface area (Å²) in [5, 5.41) is 3.42. The van der Waals surface area contributed by atoms with Crippen molar-refractivity contribution < 1.29 is 4.79 Å². The zero-order valence-electron chi connectivity index (χ0n) is 27.5. The number of ketones is 1. The standard InChI is InChI=1S/C39H55N3O/c1-8-11-12-13-14-15-16-32-17-21-35(22-18-32)34(10-3)26-41-39(29(4)9-2)36-23-19-33(20-24-36)25-38(40-7)30(5)42-27-37(28-42)31(6)43/h10,17-24,26,29,37-38,40H,3,5,8-9,11-16,25,27-28H2,1-2,4,6-7H3/b34-26+,41-39+. The van der Waals surface area contributed by atoms with Gasteiger partial charge in [-0.1, -0.05) is 121 Å². The molecule has 43 heavy (non-hydrogen) atoms. The number of benzene rings is 2. The molecule has 2 unspecified atom stereocenters. The van der Waals surface area contributed by atoms with E-state index in [0.29, 0.717) is 5.92 Å². The number of nitrogens with zero attached hydrogens (tertiary/aromatic N) is 2. The molecule has 4 nitrogen and oxygen atoms in total. The number of aryl methyl sites for hydroxylation is 1. The van der Waals surface area contributed by atoms with Crippen LogP contribution in [0.2, 0.25) is 0 Å². The van der Waals surface area contributed by atoms with E-state index in [1.54, 1.807) is 6.92 Å². The van der Waals surface area contributed by atoms with Gasteiger partial charge in [0.1, 0.15) is 5.78 Å². The number of carbonyl (C=O) groups excluding carboxylic acids is 1. The number of Topliss-reactive ketones (excluding diaryl/α,β-unsaturated/α-hetero) is 1. The highest BCUT2D eigenvalue weighted by Gasteiger charge is 2.32. The number of aliphatic imine (C=N–C) groups is 1. The van der Waals surface area contributed by atoms with Gasteiger partial charge in [-0.15, -0.1) is 0 Å². The van der Waals surface area contributed by atoms with Crippen molar-refractivity contribution in [1.82, 2.24) is 10.2 Å². The van der Waals surface area contributed by atoms with Crippen LogP contribution in [-0.4, -0.2) is 42.6 Å². The Morgan fingerprint density at radius 1 is 0.977 bits per heavy atom. The number of unbranched alkanes of at least 4 members (excludes halogenated alkanes) is 5. The first kappa shape index (κ1) is 34.3. The normalized spacial score (nSPS) is 15.6. The average Bonchev–Trinajstić information content (AvgIpc) is 2.99. The Bertz CT molecular complexity index is 1230. The molecule has 1 aliphatic heterocycles. The molecule has 2 atom stereocenters. The lowest BCUT2D eigenvalue weighted by Gasteiger charge is -2.43. The van der Waals surface area contributed by atoms with Crippen LogP contribution in [0.15, 0.2) is 84.7 Å². The van der Waals surface area contributed by atoms with Crippen molar-refractivity contribution in [3.63, 3.8) is 0 Å². The van der Waals surface area contributed by atoms with Gasteiger partial charge in [-0.2, -0.15) is 0 Å². The summed E-state index contributed by atoms with van der Waals surface area (Å²) in [7, 11) is 1.98. The number of likely N-dealkylation sites (tertiary alicyclic amines) is 1. The summed E-state index contributed by atoms with van der Waals surface area (Å²) in [5.41, 5.74) is 8.15. The third kappa shape index (κ3) is 10.2. The Hall–Kier alpha value is -3.24. The van der Waals surface area contributed by atoms with Crippen molar-refractivity contribution in [2.75, 3.05) is 20.1 Å². The van der Waals surface area contributed by atoms with E-state index in [2.05, 4.69) is 92.7 Å². The van der Waals surface area contributed by atoms with Crippen LogP contribution in [0.3, 0.4) is 0 Å². The Kier molecular flexibility index (Phi) is 14.2. The Labute approximate surface area is 262 Å². The smallest absolute Gasteiger partial charge is 0.136 e. The fourth-order valence-corrected chi connectivity index (χ4v) is 5.66. The molecule has 1 fully saturated rings. The van der Waals surface area contributed by atoms with Gasteiger partial charge in [0.25, 0.3) is 0 Å². The van der Waals surface area contributed by atoms with Crippen molar-refractivity contribution in [2.45, 2.75) is 91.5 Å². The van der Waals surface area contributed by atoms with Crippen LogP contribution in [0.25, 0.3) is 5.57 Å². The SMILES string of the molecule is C=C/C(=C\N=C(\c1ccc(CC(NC)C(=C)N2CC(C(C)=O)C2)cc1)C(C)CC)c1ccc(CCCCCCCC)cc1. The molecule has 2 aromatic carbocycles. The van der Waals surface area contributed by atoms with Crippen LogP contribution in [-0.2, 0) is 17.6 Å². The minimum atomic E-state index is 0.136. The molecule has 0 bridgehead atoms. The van der Waals surface area contributed by atoms with Gasteiger partial charge in [-0.25, -0.2) is 0 Å². The number of likely N-dealkylation sites (N-methyl/N-ethyl adjacent to an activating group) is 1. The number of hydrogen-bond donors (Lipinski definition) is 1. The van der Waals surface area contributed by atoms with E-state index >= 15 is 0 Å². The molecule has 0 spiro atoms. The fourth-order valence-electron chi connectivity index (χ4n) is 5.66. The van der Waals surface area contributed by atoms with Gasteiger partial charge in [0.2, 0.25) is 0 Å². The first-order valence-corrected chi connectivity index (χ1v) is 16.5. The van der Waals surface area contributed by atoms with Gasteiger partial charge in [-0.3, -0.25) is 9.79 Å². The molecule has 0 aliphatic carbocycles. The summed E-state index contributed by atoms with van der Waals surface area (Å²) in [5.74, 6) is 0.751. The summed E-state index contributed by atoms with van der Waals surface area (Å²) in [6, 6.07) is 17.9. The molecule has 3 rings (SSSR count). The largest absolute Gasteiger partial charge is 0.372 e. The van der Waals surface area contributed by atoms with Crippen molar-refractivity contribution in [3.05, 3.63) is 102 Å². The summed E-state index contributed by atoms with van der Waals surface area (Å²) in [6.07, 6.45) is 14.9. The number of rotatable bonds is 19. The molecule has 2 aromatic rings. The van der Waals surface area contributed by atoms with Gasteiger partial charge in [0.05, 0.1) is 17.7 Å². The first-order chi connectivity index (χ1) is 20.8. The maximum absolute atomic E-state index is 11.6. The van der Waals surface area contributed by atoms with E-state index in [9.17, 15) is 4.79 Å². The maximum Gasteiger partial charge on any atom is 0.136 e. The second-order valence-corrected chi connectivity index (χ2v) is 12.3. The lowest BCUT2D eigenvalue weighted by atomic mass is 9.92. The third-order valence-corrected chi connectivity index (χ3v) is 9.05. The number of hydrogen-bond acceptors (Lipinski definition) is 4. The minimum absolute atomic E-state index is 0.136. The molecular weight excluding hydrogens is 526 g/mol. The number of carbonyl (C=O) groups is 1. The van der Waals surface area contributed by atoms with Gasteiger partial charge in [0.15, 0.2) is 0 Å². The van der Waals surface area contributed by atoms with E-state index in [0.717, 1.165) is 60.5 Å². The van der Waals surface area contributed by atoms with Crippen molar-refractivity contribution >= 4 is 17.1 Å². The van der Waals surface area contributed by atoms with E-state index in [4.69, 9.17) is 4.99 Å². The molecule has 4 heteroatoms. The summed E-state index contributed by atoms with van der Waals surface area (Å²) < 4.78 is 0. The summed E-state index contributed by atoms with van der Waals surface area (Å²) >= 11 is 0. The second-order valence-electron chi connectivity index (χ2n) is 12.3. The van der Waals surface area contributed by atoms with E-state index in [1.807, 2.05) is 19.3 Å². The van der Waals surface area contributed by atoms with E-state index < -0.39 is 0 Å². The average molecular weight is 582 g/mol. The molecule has 0 aromatic heterocycles. The van der Waals surface area contributed by atoms with Crippen LogP contribution in [0.5, 0.6) is 0 Å². The Morgan fingerprint density at radius 3 is 2.16 bits per heavy atom. The first-order valence-electron chi connectivity index (χ1n) is 16.5. The monoisotopic (exact) mass is 581 g/mol. The van der Waals surface area contributed by atoms with Crippen molar-refractivity contribution in [3.8, 4) is 0 Å².